The van der Waals surface area contributed by atoms with Gasteiger partial charge in [-0.25, -0.2) is 0 Å². The summed E-state index contributed by atoms with van der Waals surface area (Å²) in [6.45, 7) is -0.342. The Kier molecular flexibility index (Phi) is 3.62. The minimum absolute atomic E-state index is 0.0281. The smallest absolute Gasteiger partial charge is 0.405 e. The van der Waals surface area contributed by atoms with E-state index in [0.29, 0.717) is 0 Å². The molecule has 1 aliphatic rings. The van der Waals surface area contributed by atoms with Gasteiger partial charge in [0.05, 0.1) is 0 Å². The zero-order valence-corrected chi connectivity index (χ0v) is 10.1. The molecule has 0 heterocycles. The largest absolute Gasteiger partial charge is 0.573 e. The molecule has 0 atom stereocenters. The fourth-order valence-electron chi connectivity index (χ4n) is 1.82. The molecule has 1 saturated carbocycles. The molecule has 1 aromatic rings. The summed E-state index contributed by atoms with van der Waals surface area (Å²) >= 11 is 0. The summed E-state index contributed by atoms with van der Waals surface area (Å²) in [4.78, 5) is 0. The van der Waals surface area contributed by atoms with Crippen LogP contribution in [0.2, 0.25) is 0 Å². The van der Waals surface area contributed by atoms with Gasteiger partial charge >= 0.3 is 12.5 Å². The van der Waals surface area contributed by atoms with Crippen molar-refractivity contribution in [2.75, 3.05) is 0 Å². The molecule has 8 heteroatoms. The first-order chi connectivity index (χ1) is 9.13. The van der Waals surface area contributed by atoms with Gasteiger partial charge < -0.3 is 4.74 Å². The van der Waals surface area contributed by atoms with Gasteiger partial charge in [-0.2, -0.15) is 13.2 Å². The maximum Gasteiger partial charge on any atom is 0.573 e. The van der Waals surface area contributed by atoms with E-state index in [4.69, 9.17) is 0 Å². The molecule has 0 spiro atoms. The van der Waals surface area contributed by atoms with E-state index < -0.39 is 23.8 Å². The molecule has 0 aliphatic heterocycles. The van der Waals surface area contributed by atoms with E-state index in [-0.39, 0.29) is 24.9 Å². The lowest BCUT2D eigenvalue weighted by atomic mass is 10.1. The van der Waals surface area contributed by atoms with Gasteiger partial charge in [-0.1, -0.05) is 18.2 Å². The molecule has 0 aromatic heterocycles. The van der Waals surface area contributed by atoms with E-state index in [2.05, 4.69) is 10.1 Å². The van der Waals surface area contributed by atoms with Crippen molar-refractivity contribution in [3.05, 3.63) is 29.8 Å². The van der Waals surface area contributed by atoms with Crippen molar-refractivity contribution in [3.8, 4) is 5.75 Å². The molecule has 1 N–H and O–H groups in total. The number of hydrogen-bond acceptors (Lipinski definition) is 2. The van der Waals surface area contributed by atoms with Gasteiger partial charge in [-0.3, -0.25) is 5.32 Å². The first-order valence-corrected chi connectivity index (χ1v) is 5.78. The normalized spacial score (nSPS) is 17.9. The third-order valence-corrected chi connectivity index (χ3v) is 3.11. The van der Waals surface area contributed by atoms with Crippen LogP contribution in [0.1, 0.15) is 18.4 Å². The summed E-state index contributed by atoms with van der Waals surface area (Å²) in [5.41, 5.74) is -1.95. The summed E-state index contributed by atoms with van der Waals surface area (Å²) in [5.74, 6) is -0.495. The molecule has 1 aromatic carbocycles. The van der Waals surface area contributed by atoms with Crippen molar-refractivity contribution in [1.82, 2.24) is 5.32 Å². The number of halogens is 6. The summed E-state index contributed by atoms with van der Waals surface area (Å²) in [6.07, 6.45) is -9.43. The van der Waals surface area contributed by atoms with Crippen LogP contribution in [0.3, 0.4) is 0 Å². The molecule has 20 heavy (non-hydrogen) atoms. The first kappa shape index (κ1) is 15.0. The van der Waals surface area contributed by atoms with E-state index in [1.165, 1.54) is 18.2 Å². The molecule has 0 radical (unpaired) electrons. The maximum atomic E-state index is 12.7. The Morgan fingerprint density at radius 3 is 2.15 bits per heavy atom. The monoisotopic (exact) mass is 299 g/mol. The van der Waals surface area contributed by atoms with E-state index in [1.807, 2.05) is 0 Å². The number of para-hydroxylation sites is 1. The minimum atomic E-state index is -4.88. The van der Waals surface area contributed by atoms with Crippen molar-refractivity contribution < 1.29 is 31.1 Å². The lowest BCUT2D eigenvalue weighted by Crippen LogP contribution is -2.44. The molecular weight excluding hydrogens is 288 g/mol. The summed E-state index contributed by atoms with van der Waals surface area (Å²) in [7, 11) is 0. The van der Waals surface area contributed by atoms with E-state index >= 15 is 0 Å². The lowest BCUT2D eigenvalue weighted by Gasteiger charge is -2.21. The van der Waals surface area contributed by atoms with Gasteiger partial charge in [0.2, 0.25) is 0 Å². The Labute approximate surface area is 110 Å². The zero-order valence-electron chi connectivity index (χ0n) is 10.1. The Morgan fingerprint density at radius 1 is 1.05 bits per heavy atom. The second-order valence-corrected chi connectivity index (χ2v) is 4.59. The average Bonchev–Trinajstić information content (AvgIpc) is 3.06. The predicted molar refractivity (Wildman–Crippen MR) is 58.0 cm³/mol. The number of hydrogen-bond donors (Lipinski definition) is 1. The zero-order chi connectivity index (χ0) is 15.0. The highest BCUT2D eigenvalue weighted by molar-refractivity contribution is 5.33. The number of benzene rings is 1. The first-order valence-electron chi connectivity index (χ1n) is 5.78. The highest BCUT2D eigenvalue weighted by atomic mass is 19.4. The Bertz CT molecular complexity index is 478. The van der Waals surface area contributed by atoms with Crippen LogP contribution >= 0.6 is 0 Å². The molecule has 1 fully saturated rings. The van der Waals surface area contributed by atoms with E-state index in [1.54, 1.807) is 0 Å². The lowest BCUT2D eigenvalue weighted by molar-refractivity contribution is -0.275. The van der Waals surface area contributed by atoms with Crippen molar-refractivity contribution in [2.45, 2.75) is 37.5 Å². The third-order valence-electron chi connectivity index (χ3n) is 3.11. The molecule has 0 amide bonds. The van der Waals surface area contributed by atoms with Crippen LogP contribution in [0.5, 0.6) is 5.75 Å². The van der Waals surface area contributed by atoms with Gasteiger partial charge in [0, 0.05) is 12.1 Å². The predicted octanol–water partition coefficient (Wildman–Crippen LogP) is 3.77. The minimum Gasteiger partial charge on any atom is -0.405 e. The standard InChI is InChI=1S/C12H11F6NO/c13-11(14,15)10(5-6-10)19-7-8-3-1-2-4-9(8)20-12(16,17)18/h1-4,19H,5-7H2. The van der Waals surface area contributed by atoms with Crippen molar-refractivity contribution in [2.24, 2.45) is 0 Å². The van der Waals surface area contributed by atoms with Crippen LogP contribution in [-0.4, -0.2) is 18.1 Å². The maximum absolute atomic E-state index is 12.7. The number of nitrogens with one attached hydrogen (secondary N) is 1. The fraction of sp³-hybridized carbons (Fsp3) is 0.500. The second-order valence-electron chi connectivity index (χ2n) is 4.59. The van der Waals surface area contributed by atoms with Crippen LogP contribution < -0.4 is 10.1 Å². The van der Waals surface area contributed by atoms with Crippen molar-refractivity contribution in [1.29, 1.82) is 0 Å². The van der Waals surface area contributed by atoms with Crippen molar-refractivity contribution in [3.63, 3.8) is 0 Å². The van der Waals surface area contributed by atoms with Crippen LogP contribution in [0.25, 0.3) is 0 Å². The van der Waals surface area contributed by atoms with Crippen molar-refractivity contribution >= 4 is 0 Å². The third kappa shape index (κ3) is 3.36. The number of rotatable bonds is 4. The number of alkyl halides is 6. The Morgan fingerprint density at radius 2 is 1.65 bits per heavy atom. The van der Waals surface area contributed by atoms with Gasteiger partial charge in [0.25, 0.3) is 0 Å². The Hall–Kier alpha value is -1.44. The summed E-state index contributed by atoms with van der Waals surface area (Å²) in [5, 5.41) is 2.28. The second kappa shape index (κ2) is 4.83. The highest BCUT2D eigenvalue weighted by Crippen LogP contribution is 2.49. The summed E-state index contributed by atoms with van der Waals surface area (Å²) in [6, 6.07) is 5.12. The fourth-order valence-corrected chi connectivity index (χ4v) is 1.82. The van der Waals surface area contributed by atoms with Crippen LogP contribution in [0, 0.1) is 0 Å². The topological polar surface area (TPSA) is 21.3 Å². The van der Waals surface area contributed by atoms with Gasteiger partial charge in [-0.15, -0.1) is 13.2 Å². The number of ether oxygens (including phenoxy) is 1. The molecule has 2 rings (SSSR count). The highest BCUT2D eigenvalue weighted by Gasteiger charge is 2.62. The van der Waals surface area contributed by atoms with Gasteiger partial charge in [-0.05, 0) is 18.9 Å². The quantitative estimate of drug-likeness (QED) is 0.855. The molecule has 0 unspecified atom stereocenters. The molecule has 112 valence electrons. The molecule has 0 bridgehead atoms. The average molecular weight is 299 g/mol. The van der Waals surface area contributed by atoms with Gasteiger partial charge in [0.1, 0.15) is 11.3 Å². The molecular formula is C12H11F6NO. The van der Waals surface area contributed by atoms with Crippen LogP contribution in [-0.2, 0) is 6.54 Å². The van der Waals surface area contributed by atoms with E-state index in [9.17, 15) is 26.3 Å². The van der Waals surface area contributed by atoms with Crippen LogP contribution in [0.15, 0.2) is 24.3 Å². The van der Waals surface area contributed by atoms with Gasteiger partial charge in [0.15, 0.2) is 0 Å². The summed E-state index contributed by atoms with van der Waals surface area (Å²) < 4.78 is 78.4. The van der Waals surface area contributed by atoms with E-state index in [0.717, 1.165) is 6.07 Å². The SMILES string of the molecule is FC(F)(F)Oc1ccccc1CNC1(C(F)(F)F)CC1. The van der Waals surface area contributed by atoms with Crippen LogP contribution in [0.4, 0.5) is 26.3 Å². The molecule has 2 nitrogen and oxygen atoms in total. The Balaban J connectivity index is 2.07. The molecule has 0 saturated heterocycles. The molecule has 1 aliphatic carbocycles.